The average Bonchev–Trinajstić information content (AvgIpc) is 3.20. The summed E-state index contributed by atoms with van der Waals surface area (Å²) in [6, 6.07) is 7.53. The van der Waals surface area contributed by atoms with E-state index in [1.165, 1.54) is 36.9 Å². The van der Waals surface area contributed by atoms with Crippen LogP contribution >= 0.6 is 0 Å². The van der Waals surface area contributed by atoms with Gasteiger partial charge in [0, 0.05) is 24.8 Å². The number of aromatic nitrogens is 2. The molecule has 1 aromatic heterocycles. The predicted molar refractivity (Wildman–Crippen MR) is 113 cm³/mol. The van der Waals surface area contributed by atoms with E-state index in [0.29, 0.717) is 5.56 Å². The van der Waals surface area contributed by atoms with Gasteiger partial charge >= 0.3 is 5.97 Å². The van der Waals surface area contributed by atoms with Gasteiger partial charge < -0.3 is 15.8 Å². The number of benzene rings is 1. The van der Waals surface area contributed by atoms with E-state index >= 15 is 0 Å². The van der Waals surface area contributed by atoms with Crippen LogP contribution in [0, 0.1) is 21.4 Å². The number of hydrogen-bond donors (Lipinski definition) is 2. The highest BCUT2D eigenvalue weighted by Crippen LogP contribution is 2.43. The van der Waals surface area contributed by atoms with Crippen LogP contribution in [0.3, 0.4) is 0 Å². The second-order valence-corrected chi connectivity index (χ2v) is 6.87. The number of amides is 1. The van der Waals surface area contributed by atoms with Crippen LogP contribution in [0.25, 0.3) is 0 Å². The Morgan fingerprint density at radius 1 is 1.42 bits per heavy atom. The number of esters is 1. The molecule has 0 radical (unpaired) electrons. The third-order valence-corrected chi connectivity index (χ3v) is 4.83. The number of carbonyl (C=O) groups is 2. The smallest absolute Gasteiger partial charge is 0.336 e. The summed E-state index contributed by atoms with van der Waals surface area (Å²) in [4.78, 5) is 36.5. The van der Waals surface area contributed by atoms with Gasteiger partial charge in [-0.2, -0.15) is 5.26 Å². The van der Waals surface area contributed by atoms with Crippen molar-refractivity contribution in [3.05, 3.63) is 62.6 Å². The summed E-state index contributed by atoms with van der Waals surface area (Å²) in [5, 5.41) is 31.1. The van der Waals surface area contributed by atoms with Crippen molar-refractivity contribution in [2.24, 2.45) is 5.73 Å². The van der Waals surface area contributed by atoms with Gasteiger partial charge in [0.2, 0.25) is 17.5 Å². The highest BCUT2D eigenvalue weighted by molar-refractivity contribution is 5.96. The molecule has 13 nitrogen and oxygen atoms in total. The van der Waals surface area contributed by atoms with E-state index < -0.39 is 22.7 Å². The minimum Gasteiger partial charge on any atom is -0.463 e. The molecule has 0 fully saturated rings. The number of anilines is 2. The molecule has 1 aliphatic rings. The summed E-state index contributed by atoms with van der Waals surface area (Å²) < 4.78 is 9.94. The average molecular weight is 453 g/mol. The summed E-state index contributed by atoms with van der Waals surface area (Å²) in [5.74, 6) is -2.54. The van der Waals surface area contributed by atoms with Crippen LogP contribution in [0.1, 0.15) is 32.3 Å². The number of nitrogens with zero attached hydrogens (tertiary/aromatic N) is 5. The second-order valence-electron chi connectivity index (χ2n) is 6.87. The first kappa shape index (κ1) is 22.9. The minimum atomic E-state index is -1.05. The summed E-state index contributed by atoms with van der Waals surface area (Å²) in [6.07, 6.45) is 0. The van der Waals surface area contributed by atoms with Crippen LogP contribution in [0.2, 0.25) is 0 Å². The molecule has 0 aliphatic carbocycles. The van der Waals surface area contributed by atoms with Crippen LogP contribution < -0.4 is 16.0 Å². The molecular formula is C20H19N7O6. The zero-order valence-electron chi connectivity index (χ0n) is 17.9. The maximum atomic E-state index is 13.0. The Bertz CT molecular complexity index is 1240. The molecule has 3 rings (SSSR count). The number of rotatable bonds is 6. The number of nitriles is 1. The van der Waals surface area contributed by atoms with Crippen molar-refractivity contribution < 1.29 is 23.9 Å². The van der Waals surface area contributed by atoms with Gasteiger partial charge in [-0.25, -0.2) is 9.42 Å². The van der Waals surface area contributed by atoms with Crippen LogP contribution in [0.4, 0.5) is 17.3 Å². The van der Waals surface area contributed by atoms with Gasteiger partial charge in [0.15, 0.2) is 0 Å². The lowest BCUT2D eigenvalue weighted by Crippen LogP contribution is -2.37. The standard InChI is InChI=1S/C20H19N7O6/c1-4-32-20(29)15-10(2)26(19-18(23-11(3)28)24-33-25-19)17(22)14(9-21)16(15)12-6-5-7-13(8-12)27(30)31/h5-8,16H,4,22H2,1-3H3,(H,23,24,28). The van der Waals surface area contributed by atoms with Crippen LogP contribution in [0.15, 0.2) is 51.6 Å². The van der Waals surface area contributed by atoms with Crippen molar-refractivity contribution in [3.8, 4) is 6.07 Å². The summed E-state index contributed by atoms with van der Waals surface area (Å²) in [6.45, 7) is 4.44. The molecule has 2 heterocycles. The molecule has 1 amide bonds. The zero-order valence-corrected chi connectivity index (χ0v) is 17.9. The minimum absolute atomic E-state index is 0.0138. The molecule has 2 aromatic rings. The third-order valence-electron chi connectivity index (χ3n) is 4.83. The number of nitrogens with one attached hydrogen (secondary N) is 1. The van der Waals surface area contributed by atoms with Crippen molar-refractivity contribution in [3.63, 3.8) is 0 Å². The number of non-ortho nitro benzene ring substituents is 1. The van der Waals surface area contributed by atoms with E-state index in [-0.39, 0.29) is 46.6 Å². The van der Waals surface area contributed by atoms with Gasteiger partial charge in [-0.3, -0.25) is 19.8 Å². The summed E-state index contributed by atoms with van der Waals surface area (Å²) >= 11 is 0. The molecule has 1 aromatic carbocycles. The number of allylic oxidation sites excluding steroid dienone is 2. The number of nitro groups is 1. The van der Waals surface area contributed by atoms with Crippen LogP contribution in [0.5, 0.6) is 0 Å². The molecular weight excluding hydrogens is 434 g/mol. The Labute approximate surface area is 187 Å². The molecule has 1 aliphatic heterocycles. The fraction of sp³-hybridized carbons (Fsp3) is 0.250. The molecule has 0 bridgehead atoms. The quantitative estimate of drug-likeness (QED) is 0.370. The molecule has 1 atom stereocenters. The molecule has 0 saturated carbocycles. The van der Waals surface area contributed by atoms with E-state index in [9.17, 15) is 25.0 Å². The largest absolute Gasteiger partial charge is 0.463 e. The first-order valence-corrected chi connectivity index (χ1v) is 9.63. The van der Waals surface area contributed by atoms with Crippen molar-refractivity contribution in [1.82, 2.24) is 10.3 Å². The molecule has 0 spiro atoms. The molecule has 1 unspecified atom stereocenters. The SMILES string of the molecule is CCOC(=O)C1=C(C)N(c2nonc2NC(C)=O)C(N)=C(C#N)C1c1cccc([N+](=O)[O-])c1. The van der Waals surface area contributed by atoms with Gasteiger partial charge in [-0.1, -0.05) is 12.1 Å². The summed E-state index contributed by atoms with van der Waals surface area (Å²) in [5.41, 5.74) is 6.54. The van der Waals surface area contributed by atoms with Crippen LogP contribution in [-0.2, 0) is 14.3 Å². The number of nitrogens with two attached hydrogens (primary N) is 1. The highest BCUT2D eigenvalue weighted by Gasteiger charge is 2.40. The fourth-order valence-corrected chi connectivity index (χ4v) is 3.52. The number of hydrogen-bond acceptors (Lipinski definition) is 11. The van der Waals surface area contributed by atoms with Crippen molar-refractivity contribution in [1.29, 1.82) is 5.26 Å². The first-order chi connectivity index (χ1) is 15.7. The Hall–Kier alpha value is -4.73. The van der Waals surface area contributed by atoms with Gasteiger partial charge in [0.25, 0.3) is 5.69 Å². The van der Waals surface area contributed by atoms with Crippen LogP contribution in [-0.4, -0.2) is 33.7 Å². The lowest BCUT2D eigenvalue weighted by molar-refractivity contribution is -0.384. The lowest BCUT2D eigenvalue weighted by atomic mass is 9.81. The van der Waals surface area contributed by atoms with E-state index in [1.807, 2.05) is 6.07 Å². The van der Waals surface area contributed by atoms with Gasteiger partial charge in [0.05, 0.1) is 34.7 Å². The van der Waals surface area contributed by atoms with Crippen molar-refractivity contribution in [2.75, 3.05) is 16.8 Å². The second kappa shape index (κ2) is 9.18. The Morgan fingerprint density at radius 2 is 2.15 bits per heavy atom. The molecule has 0 saturated heterocycles. The Kier molecular flexibility index (Phi) is 6.38. The Balaban J connectivity index is 2.28. The predicted octanol–water partition coefficient (Wildman–Crippen LogP) is 2.07. The molecule has 3 N–H and O–H groups in total. The van der Waals surface area contributed by atoms with Gasteiger partial charge in [0.1, 0.15) is 5.82 Å². The van der Waals surface area contributed by atoms with E-state index in [1.54, 1.807) is 13.0 Å². The van der Waals surface area contributed by atoms with E-state index in [2.05, 4.69) is 15.6 Å². The molecule has 170 valence electrons. The monoisotopic (exact) mass is 453 g/mol. The maximum Gasteiger partial charge on any atom is 0.336 e. The Morgan fingerprint density at radius 3 is 2.76 bits per heavy atom. The molecule has 33 heavy (non-hydrogen) atoms. The molecule has 13 heteroatoms. The first-order valence-electron chi connectivity index (χ1n) is 9.63. The topological polar surface area (TPSA) is 191 Å². The van der Waals surface area contributed by atoms with Gasteiger partial charge in [-0.05, 0) is 29.7 Å². The number of carbonyl (C=O) groups excluding carboxylic acids is 2. The fourth-order valence-electron chi connectivity index (χ4n) is 3.52. The third kappa shape index (κ3) is 4.22. The van der Waals surface area contributed by atoms with Crippen molar-refractivity contribution in [2.45, 2.75) is 26.7 Å². The lowest BCUT2D eigenvalue weighted by Gasteiger charge is -2.34. The highest BCUT2D eigenvalue weighted by atomic mass is 16.6. The normalized spacial score (nSPS) is 15.8. The summed E-state index contributed by atoms with van der Waals surface area (Å²) in [7, 11) is 0. The number of nitro benzene ring substituents is 1. The van der Waals surface area contributed by atoms with E-state index in [4.69, 9.17) is 15.1 Å². The number of ether oxygens (including phenoxy) is 1. The van der Waals surface area contributed by atoms with E-state index in [0.717, 1.165) is 0 Å². The van der Waals surface area contributed by atoms with Gasteiger partial charge in [-0.15, -0.1) is 0 Å². The van der Waals surface area contributed by atoms with Crippen molar-refractivity contribution >= 4 is 29.2 Å². The zero-order chi connectivity index (χ0) is 24.3. The maximum absolute atomic E-state index is 13.0.